The monoisotopic (exact) mass is 321 g/mol. The van der Waals surface area contributed by atoms with Gasteiger partial charge in [-0.3, -0.25) is 0 Å². The van der Waals surface area contributed by atoms with Crippen molar-refractivity contribution in [2.24, 2.45) is 10.8 Å². The van der Waals surface area contributed by atoms with E-state index in [0.29, 0.717) is 17.7 Å². The maximum atomic E-state index is 11.6. The lowest BCUT2D eigenvalue weighted by Gasteiger charge is -2.53. The Kier molecular flexibility index (Phi) is 3.89. The van der Waals surface area contributed by atoms with Gasteiger partial charge in [0.05, 0.1) is 5.75 Å². The molecule has 3 nitrogen and oxygen atoms in total. The maximum Gasteiger partial charge on any atom is 0.148 e. The zero-order valence-electron chi connectivity index (χ0n) is 13.8. The molecule has 0 aliphatic heterocycles. The quantitative estimate of drug-likeness (QED) is 0.876. The molecule has 2 atom stereocenters. The first-order valence-electron chi connectivity index (χ1n) is 8.18. The molecular weight excluding hydrogens is 294 g/mol. The highest BCUT2D eigenvalue weighted by atomic mass is 32.2. The summed E-state index contributed by atoms with van der Waals surface area (Å²) in [5.41, 5.74) is 1.66. The minimum Gasteiger partial charge on any atom is -0.313 e. The molecule has 22 heavy (non-hydrogen) atoms. The van der Waals surface area contributed by atoms with Crippen LogP contribution in [-0.4, -0.2) is 33.0 Å². The van der Waals surface area contributed by atoms with Crippen molar-refractivity contribution in [2.75, 3.05) is 18.6 Å². The summed E-state index contributed by atoms with van der Waals surface area (Å²) in [7, 11) is -2.88. The fourth-order valence-corrected chi connectivity index (χ4v) is 5.47. The number of hydrogen-bond acceptors (Lipinski definition) is 3. The molecule has 4 heteroatoms. The topological polar surface area (TPSA) is 46.2 Å². The highest BCUT2D eigenvalue weighted by molar-refractivity contribution is 7.90. The number of sulfone groups is 1. The van der Waals surface area contributed by atoms with Crippen LogP contribution in [0, 0.1) is 10.8 Å². The van der Waals surface area contributed by atoms with Gasteiger partial charge in [-0.1, -0.05) is 44.2 Å². The average Bonchev–Trinajstić information content (AvgIpc) is 3.16. The fourth-order valence-electron chi connectivity index (χ4n) is 3.97. The van der Waals surface area contributed by atoms with Gasteiger partial charge >= 0.3 is 0 Å². The van der Waals surface area contributed by atoms with Crippen LogP contribution in [0.25, 0.3) is 0 Å². The van der Waals surface area contributed by atoms with E-state index in [1.807, 2.05) is 0 Å². The molecule has 2 aliphatic rings. The largest absolute Gasteiger partial charge is 0.313 e. The van der Waals surface area contributed by atoms with E-state index in [0.717, 1.165) is 25.8 Å². The molecule has 0 saturated heterocycles. The Morgan fingerprint density at radius 3 is 2.32 bits per heavy atom. The zero-order valence-corrected chi connectivity index (χ0v) is 14.6. The van der Waals surface area contributed by atoms with Gasteiger partial charge in [0.1, 0.15) is 9.84 Å². The van der Waals surface area contributed by atoms with E-state index in [1.165, 1.54) is 11.8 Å². The molecular formula is C18H27NO2S. The molecule has 1 N–H and O–H groups in total. The van der Waals surface area contributed by atoms with E-state index < -0.39 is 9.84 Å². The summed E-state index contributed by atoms with van der Waals surface area (Å²) >= 11 is 0. The third-order valence-corrected chi connectivity index (χ3v) is 6.86. The third-order valence-electron chi connectivity index (χ3n) is 5.72. The van der Waals surface area contributed by atoms with Crippen LogP contribution in [0.2, 0.25) is 0 Å². The third kappa shape index (κ3) is 3.23. The molecule has 2 unspecified atom stereocenters. The first-order valence-corrected chi connectivity index (χ1v) is 10.2. The summed E-state index contributed by atoms with van der Waals surface area (Å²) in [6.07, 6.45) is 4.59. The molecule has 2 fully saturated rings. The van der Waals surface area contributed by atoms with Crippen LogP contribution < -0.4 is 5.32 Å². The number of nitrogens with one attached hydrogen (secondary N) is 1. The first kappa shape index (κ1) is 16.0. The molecule has 0 aromatic heterocycles. The van der Waals surface area contributed by atoms with E-state index in [-0.39, 0.29) is 10.8 Å². The van der Waals surface area contributed by atoms with Gasteiger partial charge < -0.3 is 5.32 Å². The van der Waals surface area contributed by atoms with Crippen LogP contribution >= 0.6 is 0 Å². The normalized spacial score (nSPS) is 28.9. The molecule has 2 saturated carbocycles. The summed E-state index contributed by atoms with van der Waals surface area (Å²) in [5.74, 6) is 0.929. The first-order chi connectivity index (χ1) is 10.2. The Hall–Kier alpha value is -0.870. The lowest BCUT2D eigenvalue weighted by atomic mass is 9.56. The van der Waals surface area contributed by atoms with Crippen LogP contribution in [0.15, 0.2) is 30.3 Å². The molecule has 0 spiro atoms. The van der Waals surface area contributed by atoms with Gasteiger partial charge in [-0.15, -0.1) is 0 Å². The molecule has 122 valence electrons. The summed E-state index contributed by atoms with van der Waals surface area (Å²) in [6, 6.07) is 11.2. The second-order valence-corrected chi connectivity index (χ2v) is 10.2. The molecule has 2 aliphatic carbocycles. The summed E-state index contributed by atoms with van der Waals surface area (Å²) in [6.45, 7) is 5.49. The van der Waals surface area contributed by atoms with Crippen molar-refractivity contribution in [3.8, 4) is 0 Å². The van der Waals surface area contributed by atoms with Gasteiger partial charge in [0.2, 0.25) is 0 Å². The Morgan fingerprint density at radius 2 is 1.82 bits per heavy atom. The Labute approximate surface area is 134 Å². The van der Waals surface area contributed by atoms with Crippen LogP contribution in [0.3, 0.4) is 0 Å². The van der Waals surface area contributed by atoms with Gasteiger partial charge in [0.25, 0.3) is 0 Å². The fraction of sp³-hybridized carbons (Fsp3) is 0.667. The molecule has 0 heterocycles. The SMILES string of the molecule is CC1(C)C(NCC2(CS(C)(=O)=O)CC2)CC1c1ccccc1. The minimum absolute atomic E-state index is 0.0154. The van der Waals surface area contributed by atoms with Crippen LogP contribution in [-0.2, 0) is 9.84 Å². The van der Waals surface area contributed by atoms with Crippen LogP contribution in [0.5, 0.6) is 0 Å². The van der Waals surface area contributed by atoms with Crippen molar-refractivity contribution < 1.29 is 8.42 Å². The van der Waals surface area contributed by atoms with Crippen molar-refractivity contribution in [1.29, 1.82) is 0 Å². The lowest BCUT2D eigenvalue weighted by molar-refractivity contribution is 0.0657. The van der Waals surface area contributed by atoms with Crippen molar-refractivity contribution in [3.05, 3.63) is 35.9 Å². The van der Waals surface area contributed by atoms with Crippen molar-refractivity contribution in [2.45, 2.75) is 45.1 Å². The van der Waals surface area contributed by atoms with Gasteiger partial charge in [-0.25, -0.2) is 8.42 Å². The summed E-state index contributed by atoms with van der Waals surface area (Å²) in [5, 5.41) is 3.67. The van der Waals surface area contributed by atoms with E-state index in [9.17, 15) is 8.42 Å². The van der Waals surface area contributed by atoms with Crippen LogP contribution in [0.4, 0.5) is 0 Å². The Bertz CT molecular complexity index is 632. The van der Waals surface area contributed by atoms with E-state index in [4.69, 9.17) is 0 Å². The predicted octanol–water partition coefficient (Wildman–Crippen LogP) is 2.98. The highest BCUT2D eigenvalue weighted by Crippen LogP contribution is 2.53. The predicted molar refractivity (Wildman–Crippen MR) is 90.7 cm³/mol. The van der Waals surface area contributed by atoms with Gasteiger partial charge in [-0.2, -0.15) is 0 Å². The maximum absolute atomic E-state index is 11.6. The van der Waals surface area contributed by atoms with Crippen molar-refractivity contribution >= 4 is 9.84 Å². The average molecular weight is 321 g/mol. The Morgan fingerprint density at radius 1 is 1.18 bits per heavy atom. The number of hydrogen-bond donors (Lipinski definition) is 1. The minimum atomic E-state index is -2.88. The van der Waals surface area contributed by atoms with E-state index in [1.54, 1.807) is 0 Å². The number of benzene rings is 1. The summed E-state index contributed by atoms with van der Waals surface area (Å²) < 4.78 is 23.1. The molecule has 0 amide bonds. The number of rotatable bonds is 6. The smallest absolute Gasteiger partial charge is 0.148 e. The second-order valence-electron chi connectivity index (χ2n) is 8.02. The standard InChI is InChI=1S/C18H27NO2S/c1-17(2)15(14-7-5-4-6-8-14)11-16(17)19-12-18(9-10-18)13-22(3,20)21/h4-8,15-16,19H,9-13H2,1-3H3. The highest BCUT2D eigenvalue weighted by Gasteiger charge is 2.51. The zero-order chi connectivity index (χ0) is 16.0. The molecule has 0 bridgehead atoms. The van der Waals surface area contributed by atoms with Gasteiger partial charge in [-0.05, 0) is 41.6 Å². The van der Waals surface area contributed by atoms with Crippen molar-refractivity contribution in [1.82, 2.24) is 5.32 Å². The lowest BCUT2D eigenvalue weighted by Crippen LogP contribution is -2.56. The van der Waals surface area contributed by atoms with Gasteiger partial charge in [0, 0.05) is 18.8 Å². The van der Waals surface area contributed by atoms with Crippen molar-refractivity contribution in [3.63, 3.8) is 0 Å². The van der Waals surface area contributed by atoms with Gasteiger partial charge in [0.15, 0.2) is 0 Å². The molecule has 1 aromatic rings. The Balaban J connectivity index is 1.58. The van der Waals surface area contributed by atoms with E-state index in [2.05, 4.69) is 49.5 Å². The van der Waals surface area contributed by atoms with E-state index >= 15 is 0 Å². The second kappa shape index (κ2) is 5.34. The molecule has 0 radical (unpaired) electrons. The van der Waals surface area contributed by atoms with Crippen LogP contribution in [0.1, 0.15) is 44.6 Å². The molecule has 1 aromatic carbocycles. The molecule has 3 rings (SSSR count). The summed E-state index contributed by atoms with van der Waals surface area (Å²) in [4.78, 5) is 0.